The molecule has 2 aromatic rings. The van der Waals surface area contributed by atoms with Gasteiger partial charge in [-0.25, -0.2) is 0 Å². The van der Waals surface area contributed by atoms with E-state index >= 15 is 0 Å². The molecule has 7 heteroatoms. The Kier molecular flexibility index (Phi) is 9.46. The zero-order valence-corrected chi connectivity index (χ0v) is 18.8. The third-order valence-electron chi connectivity index (χ3n) is 5.76. The second-order valence-corrected chi connectivity index (χ2v) is 8.28. The summed E-state index contributed by atoms with van der Waals surface area (Å²) >= 11 is 0. The fraction of sp³-hybridized carbons (Fsp3) is 0.385. The van der Waals surface area contributed by atoms with E-state index in [1.807, 2.05) is 42.6 Å². The number of pyridine rings is 1. The predicted molar refractivity (Wildman–Crippen MR) is 130 cm³/mol. The van der Waals surface area contributed by atoms with Gasteiger partial charge in [-0.1, -0.05) is 43.5 Å². The Bertz CT molecular complexity index is 1000. The molecule has 1 fully saturated rings. The molecule has 0 aliphatic heterocycles. The van der Waals surface area contributed by atoms with Crippen molar-refractivity contribution in [3.63, 3.8) is 0 Å². The highest BCUT2D eigenvalue weighted by molar-refractivity contribution is 5.95. The lowest BCUT2D eigenvalue weighted by atomic mass is 9.89. The van der Waals surface area contributed by atoms with Gasteiger partial charge in [0.25, 0.3) is 0 Å². The van der Waals surface area contributed by atoms with Gasteiger partial charge in [0, 0.05) is 36.6 Å². The molecule has 3 N–H and O–H groups in total. The van der Waals surface area contributed by atoms with Crippen LogP contribution in [0.4, 0.5) is 5.69 Å². The number of aliphatic imine (C=N–C) groups is 1. The molecule has 0 unspecified atom stereocenters. The fourth-order valence-corrected chi connectivity index (χ4v) is 4.08. The lowest BCUT2D eigenvalue weighted by Crippen LogP contribution is -2.28. The normalized spacial score (nSPS) is 15.0. The van der Waals surface area contributed by atoms with Crippen molar-refractivity contribution >= 4 is 23.2 Å². The number of nitriles is 1. The van der Waals surface area contributed by atoms with Gasteiger partial charge < -0.3 is 10.4 Å². The summed E-state index contributed by atoms with van der Waals surface area (Å²) in [4.78, 5) is 19.7. The molecule has 1 aromatic carbocycles. The molecule has 3 rings (SSSR count). The van der Waals surface area contributed by atoms with E-state index in [9.17, 15) is 4.79 Å². The number of nitrogens with zero attached hydrogens (tertiary/aromatic N) is 3. The highest BCUT2D eigenvalue weighted by Gasteiger charge is 2.13. The number of hydrogen-bond donors (Lipinski definition) is 3. The van der Waals surface area contributed by atoms with Crippen molar-refractivity contribution in [2.24, 2.45) is 10.9 Å². The Morgan fingerprint density at radius 2 is 2.03 bits per heavy atom. The van der Waals surface area contributed by atoms with Crippen LogP contribution in [0.5, 0.6) is 0 Å². The van der Waals surface area contributed by atoms with E-state index in [0.717, 1.165) is 22.4 Å². The molecule has 7 nitrogen and oxygen atoms in total. The molecule has 1 saturated carbocycles. The maximum absolute atomic E-state index is 10.9. The first-order chi connectivity index (χ1) is 16.2. The van der Waals surface area contributed by atoms with E-state index in [1.54, 1.807) is 12.4 Å². The largest absolute Gasteiger partial charge is 0.481 e. The number of aromatic nitrogens is 1. The molecule has 1 heterocycles. The van der Waals surface area contributed by atoms with E-state index < -0.39 is 5.97 Å². The van der Waals surface area contributed by atoms with Gasteiger partial charge in [-0.3, -0.25) is 20.1 Å². The molecule has 1 aromatic heterocycles. The molecule has 1 aliphatic rings. The number of unbranched alkanes of at least 4 members (excludes halogenated alkanes) is 1. The van der Waals surface area contributed by atoms with Crippen LogP contribution in [0, 0.1) is 17.4 Å². The van der Waals surface area contributed by atoms with E-state index in [4.69, 9.17) is 10.4 Å². The number of hydrogen-bond acceptors (Lipinski definition) is 4. The minimum atomic E-state index is -0.789. The second-order valence-electron chi connectivity index (χ2n) is 8.28. The first-order valence-electron chi connectivity index (χ1n) is 11.5. The number of carbonyl (C=O) groups is 1. The average Bonchev–Trinajstić information content (AvgIpc) is 2.84. The second kappa shape index (κ2) is 13.0. The number of nitrogens with one attached hydrogen (secondary N) is 2. The maximum atomic E-state index is 10.9. The Balaban J connectivity index is 1.78. The number of carboxylic acids is 1. The van der Waals surface area contributed by atoms with Crippen molar-refractivity contribution in [3.05, 3.63) is 66.0 Å². The number of aliphatic carboxylic acids is 1. The van der Waals surface area contributed by atoms with Crippen molar-refractivity contribution in [1.82, 2.24) is 10.3 Å². The maximum Gasteiger partial charge on any atom is 0.303 e. The van der Waals surface area contributed by atoms with Crippen molar-refractivity contribution in [2.75, 3.05) is 11.9 Å². The molecular weight excluding hydrogens is 414 g/mol. The van der Waals surface area contributed by atoms with Crippen LogP contribution in [0.1, 0.15) is 62.5 Å². The molecule has 0 atom stereocenters. The Labute approximate surface area is 195 Å². The van der Waals surface area contributed by atoms with E-state index in [2.05, 4.69) is 26.7 Å². The first-order valence-corrected chi connectivity index (χ1v) is 11.5. The predicted octanol–water partition coefficient (Wildman–Crippen LogP) is 5.19. The number of allylic oxidation sites excluding steroid dienone is 1. The molecule has 0 amide bonds. The van der Waals surface area contributed by atoms with Crippen LogP contribution in [0.15, 0.2) is 59.9 Å². The standard InChI is InChI=1S/C26H31N5O2/c27-19-30-26(29-17-20-8-2-1-3-9-20)31-23-12-6-10-21(16-23)24(13-4-5-14-25(32)33)22-11-7-15-28-18-22/h6-7,10-13,15-16,18,20H,1-5,8-9,14,17H2,(H,32,33)(H2,29,30,31). The molecule has 0 radical (unpaired) electrons. The van der Waals surface area contributed by atoms with Crippen molar-refractivity contribution < 1.29 is 9.90 Å². The third kappa shape index (κ3) is 8.08. The van der Waals surface area contributed by atoms with Crippen LogP contribution >= 0.6 is 0 Å². The summed E-state index contributed by atoms with van der Waals surface area (Å²) in [7, 11) is 0. The zero-order valence-electron chi connectivity index (χ0n) is 18.8. The number of guanidine groups is 1. The van der Waals surface area contributed by atoms with Gasteiger partial charge in [0.05, 0.1) is 0 Å². The van der Waals surface area contributed by atoms with Crippen LogP contribution in [0.2, 0.25) is 0 Å². The van der Waals surface area contributed by atoms with Crippen LogP contribution in [-0.2, 0) is 4.79 Å². The molecule has 33 heavy (non-hydrogen) atoms. The third-order valence-corrected chi connectivity index (χ3v) is 5.76. The van der Waals surface area contributed by atoms with Gasteiger partial charge >= 0.3 is 5.97 Å². The van der Waals surface area contributed by atoms with E-state index in [0.29, 0.717) is 31.3 Å². The monoisotopic (exact) mass is 445 g/mol. The number of carboxylic acid groups (broad SMARTS) is 1. The summed E-state index contributed by atoms with van der Waals surface area (Å²) in [6, 6.07) is 11.8. The average molecular weight is 446 g/mol. The Morgan fingerprint density at radius 1 is 1.21 bits per heavy atom. The molecule has 172 valence electrons. The Morgan fingerprint density at radius 3 is 2.76 bits per heavy atom. The van der Waals surface area contributed by atoms with Gasteiger partial charge in [-0.05, 0) is 60.9 Å². The fourth-order valence-electron chi connectivity index (χ4n) is 4.08. The minimum absolute atomic E-state index is 0.138. The van der Waals surface area contributed by atoms with Crippen molar-refractivity contribution in [3.8, 4) is 6.19 Å². The van der Waals surface area contributed by atoms with Gasteiger partial charge in [-0.15, -0.1) is 0 Å². The molecule has 0 saturated heterocycles. The highest BCUT2D eigenvalue weighted by atomic mass is 16.4. The van der Waals surface area contributed by atoms with Crippen molar-refractivity contribution in [1.29, 1.82) is 5.26 Å². The summed E-state index contributed by atoms with van der Waals surface area (Å²) < 4.78 is 0. The first kappa shape index (κ1) is 24.0. The summed E-state index contributed by atoms with van der Waals surface area (Å²) in [5, 5.41) is 24.0. The molecule has 1 aliphatic carbocycles. The van der Waals surface area contributed by atoms with Gasteiger partial charge in [0.15, 0.2) is 6.19 Å². The van der Waals surface area contributed by atoms with Crippen LogP contribution in [-0.4, -0.2) is 28.6 Å². The van der Waals surface area contributed by atoms with Gasteiger partial charge in [0.1, 0.15) is 0 Å². The van der Waals surface area contributed by atoms with Gasteiger partial charge in [-0.2, -0.15) is 5.26 Å². The smallest absolute Gasteiger partial charge is 0.303 e. The number of benzene rings is 1. The highest BCUT2D eigenvalue weighted by Crippen LogP contribution is 2.27. The summed E-state index contributed by atoms with van der Waals surface area (Å²) in [6.45, 7) is 0.709. The van der Waals surface area contributed by atoms with E-state index in [1.165, 1.54) is 32.1 Å². The molecule has 0 bridgehead atoms. The lowest BCUT2D eigenvalue weighted by molar-refractivity contribution is -0.137. The number of rotatable bonds is 9. The molecular formula is C26H31N5O2. The number of anilines is 1. The van der Waals surface area contributed by atoms with E-state index in [-0.39, 0.29) is 6.42 Å². The topological polar surface area (TPSA) is 110 Å². The quantitative estimate of drug-likeness (QED) is 0.161. The van der Waals surface area contributed by atoms with Crippen molar-refractivity contribution in [2.45, 2.75) is 51.4 Å². The zero-order chi connectivity index (χ0) is 23.3. The molecule has 0 spiro atoms. The van der Waals surface area contributed by atoms with Gasteiger partial charge in [0.2, 0.25) is 5.96 Å². The van der Waals surface area contributed by atoms with Crippen LogP contribution < -0.4 is 10.6 Å². The minimum Gasteiger partial charge on any atom is -0.481 e. The summed E-state index contributed by atoms with van der Waals surface area (Å²) in [5.74, 6) is 0.240. The summed E-state index contributed by atoms with van der Waals surface area (Å²) in [5.41, 5.74) is 3.75. The lowest BCUT2D eigenvalue weighted by Gasteiger charge is -2.20. The Hall–Kier alpha value is -3.66. The van der Waals surface area contributed by atoms with Crippen LogP contribution in [0.25, 0.3) is 5.57 Å². The summed E-state index contributed by atoms with van der Waals surface area (Å²) in [6.07, 6.45) is 15.1. The van der Waals surface area contributed by atoms with Crippen LogP contribution in [0.3, 0.4) is 0 Å². The SMILES string of the molecule is N#CNC(=NCC1CCCCC1)Nc1cccc(C(=CCCCC(=O)O)c2cccnc2)c1.